The van der Waals surface area contributed by atoms with Gasteiger partial charge in [-0.05, 0) is 12.2 Å². The number of hydrogen-bond donors (Lipinski definition) is 2. The second-order valence-electron chi connectivity index (χ2n) is 2.03. The van der Waals surface area contributed by atoms with Crippen LogP contribution < -0.4 is 0 Å². The van der Waals surface area contributed by atoms with Crippen LogP contribution in [-0.2, 0) is 0 Å². The lowest BCUT2D eigenvalue weighted by atomic mass is 10.1. The van der Waals surface area contributed by atoms with Gasteiger partial charge in [-0.3, -0.25) is 0 Å². The zero-order valence-corrected chi connectivity index (χ0v) is 4.71. The Morgan fingerprint density at radius 1 is 1.56 bits per heavy atom. The maximum atomic E-state index is 12.2. The van der Waals surface area contributed by atoms with E-state index in [1.807, 2.05) is 0 Å². The van der Waals surface area contributed by atoms with Gasteiger partial charge < -0.3 is 10.2 Å². The minimum Gasteiger partial charge on any atom is -0.362 e. The molecule has 0 aromatic carbocycles. The Bertz CT molecular complexity index is 170. The molecule has 0 atom stereocenters. The van der Waals surface area contributed by atoms with E-state index >= 15 is 0 Å². The van der Waals surface area contributed by atoms with E-state index in [9.17, 15) is 4.39 Å². The molecule has 50 valence electrons. The first-order chi connectivity index (χ1) is 4.10. The number of aliphatic hydroxyl groups is 2. The summed E-state index contributed by atoms with van der Waals surface area (Å²) in [6.45, 7) is 0. The molecule has 2 nitrogen and oxygen atoms in total. The quantitative estimate of drug-likeness (QED) is 0.468. The average molecular weight is 130 g/mol. The van der Waals surface area contributed by atoms with Gasteiger partial charge >= 0.3 is 0 Å². The van der Waals surface area contributed by atoms with E-state index in [2.05, 4.69) is 0 Å². The first kappa shape index (κ1) is 6.45. The van der Waals surface area contributed by atoms with Crippen molar-refractivity contribution in [2.45, 2.75) is 12.2 Å². The zero-order chi connectivity index (χ0) is 6.91. The van der Waals surface area contributed by atoms with Crippen LogP contribution in [0.25, 0.3) is 0 Å². The molecular weight excluding hydrogens is 123 g/mol. The summed E-state index contributed by atoms with van der Waals surface area (Å²) in [6.07, 6.45) is 3.27. The predicted molar refractivity (Wildman–Crippen MR) is 30.1 cm³/mol. The largest absolute Gasteiger partial charge is 0.362 e. The molecule has 0 saturated heterocycles. The Labute approximate surface area is 51.9 Å². The van der Waals surface area contributed by atoms with Gasteiger partial charge in [0.25, 0.3) is 0 Å². The molecule has 0 spiro atoms. The Morgan fingerprint density at radius 3 is 2.56 bits per heavy atom. The van der Waals surface area contributed by atoms with Gasteiger partial charge in [-0.1, -0.05) is 6.08 Å². The molecule has 0 aromatic heterocycles. The van der Waals surface area contributed by atoms with Gasteiger partial charge in [-0.25, -0.2) is 4.39 Å². The molecule has 0 heterocycles. The van der Waals surface area contributed by atoms with E-state index in [0.29, 0.717) is 0 Å². The van der Waals surface area contributed by atoms with Gasteiger partial charge in [-0.15, -0.1) is 0 Å². The molecular formula is C6H7FO2. The summed E-state index contributed by atoms with van der Waals surface area (Å²) in [7, 11) is 0. The smallest absolute Gasteiger partial charge is 0.189 e. The van der Waals surface area contributed by atoms with Crippen molar-refractivity contribution in [1.29, 1.82) is 0 Å². The van der Waals surface area contributed by atoms with E-state index in [0.717, 1.165) is 6.08 Å². The van der Waals surface area contributed by atoms with Crippen molar-refractivity contribution in [2.75, 3.05) is 0 Å². The Kier molecular flexibility index (Phi) is 1.38. The van der Waals surface area contributed by atoms with Crippen molar-refractivity contribution in [2.24, 2.45) is 0 Å². The van der Waals surface area contributed by atoms with E-state index in [1.54, 1.807) is 0 Å². The van der Waals surface area contributed by atoms with Crippen LogP contribution in [0.4, 0.5) is 4.39 Å². The van der Waals surface area contributed by atoms with Gasteiger partial charge in [0.05, 0.1) is 6.42 Å². The van der Waals surface area contributed by atoms with Crippen molar-refractivity contribution in [1.82, 2.24) is 0 Å². The van der Waals surface area contributed by atoms with Gasteiger partial charge in [0.2, 0.25) is 0 Å². The van der Waals surface area contributed by atoms with Crippen LogP contribution in [-0.4, -0.2) is 16.0 Å². The highest BCUT2D eigenvalue weighted by Gasteiger charge is 2.22. The molecule has 1 aliphatic carbocycles. The minimum absolute atomic E-state index is 0.344. The summed E-state index contributed by atoms with van der Waals surface area (Å²) in [5.41, 5.74) is 0. The van der Waals surface area contributed by atoms with E-state index in [1.165, 1.54) is 12.2 Å². The Balaban J connectivity index is 2.73. The molecule has 9 heavy (non-hydrogen) atoms. The molecule has 1 rings (SSSR count). The molecule has 0 unspecified atom stereocenters. The van der Waals surface area contributed by atoms with Crippen molar-refractivity contribution in [3.63, 3.8) is 0 Å². The molecule has 0 aromatic rings. The third kappa shape index (κ3) is 1.62. The van der Waals surface area contributed by atoms with Crippen molar-refractivity contribution >= 4 is 0 Å². The molecule has 2 N–H and O–H groups in total. The van der Waals surface area contributed by atoms with Crippen LogP contribution >= 0.6 is 0 Å². The van der Waals surface area contributed by atoms with Crippen molar-refractivity contribution in [3.05, 3.63) is 24.1 Å². The second kappa shape index (κ2) is 1.93. The third-order valence-corrected chi connectivity index (χ3v) is 1.07. The Hall–Kier alpha value is -0.670. The summed E-state index contributed by atoms with van der Waals surface area (Å²) < 4.78 is 12.2. The van der Waals surface area contributed by atoms with Crippen molar-refractivity contribution < 1.29 is 14.6 Å². The van der Waals surface area contributed by atoms with Gasteiger partial charge in [0.1, 0.15) is 5.83 Å². The minimum atomic E-state index is -1.97. The highest BCUT2D eigenvalue weighted by Crippen LogP contribution is 2.20. The maximum Gasteiger partial charge on any atom is 0.189 e. The van der Waals surface area contributed by atoms with Crippen LogP contribution in [0.5, 0.6) is 0 Å². The molecule has 0 radical (unpaired) electrons. The third-order valence-electron chi connectivity index (χ3n) is 1.07. The van der Waals surface area contributed by atoms with Crippen LogP contribution in [0, 0.1) is 0 Å². The lowest BCUT2D eigenvalue weighted by Gasteiger charge is -2.17. The lowest BCUT2D eigenvalue weighted by Crippen LogP contribution is -2.26. The Morgan fingerprint density at radius 2 is 2.22 bits per heavy atom. The lowest BCUT2D eigenvalue weighted by molar-refractivity contribution is -0.120. The number of hydrogen-bond acceptors (Lipinski definition) is 2. The molecule has 0 fully saturated rings. The fraction of sp³-hybridized carbons (Fsp3) is 0.333. The predicted octanol–water partition coefficient (Wildman–Crippen LogP) is 0.481. The first-order valence-electron chi connectivity index (χ1n) is 2.59. The van der Waals surface area contributed by atoms with Gasteiger partial charge in [0.15, 0.2) is 5.79 Å². The van der Waals surface area contributed by atoms with Crippen LogP contribution in [0.2, 0.25) is 0 Å². The number of halogens is 1. The monoisotopic (exact) mass is 130 g/mol. The van der Waals surface area contributed by atoms with Gasteiger partial charge in [-0.2, -0.15) is 0 Å². The fourth-order valence-electron chi connectivity index (χ4n) is 0.673. The molecule has 0 amide bonds. The molecule has 0 bridgehead atoms. The van der Waals surface area contributed by atoms with Crippen LogP contribution in [0.15, 0.2) is 24.1 Å². The normalized spacial score (nSPS) is 23.7. The number of rotatable bonds is 0. The van der Waals surface area contributed by atoms with Gasteiger partial charge in [0, 0.05) is 0 Å². The summed E-state index contributed by atoms with van der Waals surface area (Å²) in [4.78, 5) is 0. The second-order valence-corrected chi connectivity index (χ2v) is 2.03. The molecule has 0 aliphatic heterocycles. The van der Waals surface area contributed by atoms with E-state index in [4.69, 9.17) is 10.2 Å². The topological polar surface area (TPSA) is 40.5 Å². The first-order valence-corrected chi connectivity index (χ1v) is 2.59. The average Bonchev–Trinajstić information content (AvgIpc) is 1.60. The molecule has 3 heteroatoms. The highest BCUT2D eigenvalue weighted by molar-refractivity contribution is 5.18. The SMILES string of the molecule is OC1(O)C=CC=C(F)C1. The molecule has 0 saturated carbocycles. The number of allylic oxidation sites excluding steroid dienone is 2. The maximum absolute atomic E-state index is 12.2. The zero-order valence-electron chi connectivity index (χ0n) is 4.71. The summed E-state index contributed by atoms with van der Waals surface area (Å²) in [5.74, 6) is -2.48. The van der Waals surface area contributed by atoms with E-state index in [-0.39, 0.29) is 6.42 Å². The summed E-state index contributed by atoms with van der Waals surface area (Å²) >= 11 is 0. The van der Waals surface area contributed by atoms with E-state index < -0.39 is 11.6 Å². The standard InChI is InChI=1S/C6H7FO2/c7-5-2-1-3-6(8,9)4-5/h1-3,8-9H,4H2. The molecule has 1 aliphatic rings. The summed E-state index contributed by atoms with van der Waals surface area (Å²) in [6, 6.07) is 0. The fourth-order valence-corrected chi connectivity index (χ4v) is 0.673. The highest BCUT2D eigenvalue weighted by atomic mass is 19.1. The summed E-state index contributed by atoms with van der Waals surface area (Å²) in [5, 5.41) is 17.5. The van der Waals surface area contributed by atoms with Crippen LogP contribution in [0.3, 0.4) is 0 Å². The van der Waals surface area contributed by atoms with Crippen molar-refractivity contribution in [3.8, 4) is 0 Å². The van der Waals surface area contributed by atoms with Crippen LogP contribution in [0.1, 0.15) is 6.42 Å².